The molecule has 1 heterocycles. The molecule has 1 aliphatic rings. The van der Waals surface area contributed by atoms with Gasteiger partial charge in [0.05, 0.1) is 11.3 Å². The van der Waals surface area contributed by atoms with E-state index in [9.17, 15) is 4.79 Å². The first-order chi connectivity index (χ1) is 9.25. The van der Waals surface area contributed by atoms with E-state index in [2.05, 4.69) is 15.5 Å². The van der Waals surface area contributed by atoms with E-state index in [4.69, 9.17) is 0 Å². The number of benzene rings is 1. The van der Waals surface area contributed by atoms with E-state index in [0.717, 1.165) is 23.6 Å². The fourth-order valence-electron chi connectivity index (χ4n) is 1.86. The van der Waals surface area contributed by atoms with Crippen LogP contribution < -0.4 is 0 Å². The van der Waals surface area contributed by atoms with Crippen LogP contribution in [0.5, 0.6) is 0 Å². The Morgan fingerprint density at radius 2 is 2.11 bits per heavy atom. The second-order valence-electron chi connectivity index (χ2n) is 4.63. The Hall–Kier alpha value is -1.69. The number of carbonyl (C=O) groups is 1. The fourth-order valence-corrected chi connectivity index (χ4v) is 2.80. The van der Waals surface area contributed by atoms with Gasteiger partial charge in [-0.05, 0) is 30.2 Å². The van der Waals surface area contributed by atoms with E-state index < -0.39 is 0 Å². The van der Waals surface area contributed by atoms with Gasteiger partial charge in [0, 0.05) is 5.56 Å². The van der Waals surface area contributed by atoms with Crippen molar-refractivity contribution >= 4 is 17.5 Å². The van der Waals surface area contributed by atoms with Gasteiger partial charge in [-0.3, -0.25) is 4.79 Å². The minimum Gasteiger partial charge on any atom is -0.293 e. The lowest BCUT2D eigenvalue weighted by molar-refractivity contribution is 0.0994. The van der Waals surface area contributed by atoms with Crippen LogP contribution in [0.4, 0.5) is 0 Å². The van der Waals surface area contributed by atoms with Gasteiger partial charge in [-0.25, -0.2) is 4.68 Å². The number of hydrogen-bond acceptors (Lipinski definition) is 5. The van der Waals surface area contributed by atoms with Crippen molar-refractivity contribution in [2.75, 3.05) is 0 Å². The highest BCUT2D eigenvalue weighted by atomic mass is 32.2. The van der Waals surface area contributed by atoms with Gasteiger partial charge >= 0.3 is 0 Å². The zero-order valence-electron chi connectivity index (χ0n) is 10.6. The molecule has 6 heteroatoms. The van der Waals surface area contributed by atoms with E-state index in [1.807, 2.05) is 41.9 Å². The summed E-state index contributed by atoms with van der Waals surface area (Å²) in [4.78, 5) is 12.3. The average Bonchev–Trinajstić information content (AvgIpc) is 3.19. The summed E-state index contributed by atoms with van der Waals surface area (Å²) in [7, 11) is 0. The second-order valence-corrected chi connectivity index (χ2v) is 5.94. The van der Waals surface area contributed by atoms with Crippen molar-refractivity contribution in [2.45, 2.75) is 36.2 Å². The molecule has 3 rings (SSSR count). The monoisotopic (exact) mass is 274 g/mol. The van der Waals surface area contributed by atoms with Crippen molar-refractivity contribution in [2.24, 2.45) is 0 Å². The third kappa shape index (κ3) is 2.68. The third-order valence-corrected chi connectivity index (χ3v) is 4.11. The lowest BCUT2D eigenvalue weighted by Gasteiger charge is -2.09. The van der Waals surface area contributed by atoms with E-state index in [1.54, 1.807) is 0 Å². The summed E-state index contributed by atoms with van der Waals surface area (Å²) in [5.41, 5.74) is 0.730. The number of carbonyl (C=O) groups excluding carboxylic acids is 1. The van der Waals surface area contributed by atoms with Gasteiger partial charge < -0.3 is 0 Å². The summed E-state index contributed by atoms with van der Waals surface area (Å²) >= 11 is 1.43. The minimum absolute atomic E-state index is 0.107. The highest BCUT2D eigenvalue weighted by Crippen LogP contribution is 2.37. The molecule has 0 radical (unpaired) electrons. The largest absolute Gasteiger partial charge is 0.293 e. The van der Waals surface area contributed by atoms with Gasteiger partial charge in [-0.1, -0.05) is 42.1 Å². The summed E-state index contributed by atoms with van der Waals surface area (Å²) in [5, 5.41) is 12.2. The Morgan fingerprint density at radius 1 is 1.37 bits per heavy atom. The van der Waals surface area contributed by atoms with E-state index >= 15 is 0 Å². The Bertz CT molecular complexity index is 579. The molecule has 1 saturated carbocycles. The molecule has 1 fully saturated rings. The Balaban J connectivity index is 1.72. The predicted molar refractivity (Wildman–Crippen MR) is 72.2 cm³/mol. The first-order valence-electron chi connectivity index (χ1n) is 6.29. The van der Waals surface area contributed by atoms with Gasteiger partial charge in [-0.15, -0.1) is 5.10 Å². The maximum atomic E-state index is 12.3. The van der Waals surface area contributed by atoms with E-state index in [-0.39, 0.29) is 11.0 Å². The minimum atomic E-state index is -0.189. The normalized spacial score (nSPS) is 16.3. The number of thioether (sulfide) groups is 1. The molecule has 2 aromatic rings. The maximum absolute atomic E-state index is 12.3. The highest BCUT2D eigenvalue weighted by Gasteiger charge is 2.29. The van der Waals surface area contributed by atoms with Gasteiger partial charge in [0.2, 0.25) is 5.16 Å². The molecule has 0 bridgehead atoms. The van der Waals surface area contributed by atoms with Crippen molar-refractivity contribution in [3.05, 3.63) is 35.9 Å². The molecule has 1 aliphatic carbocycles. The molecule has 1 atom stereocenters. The molecule has 1 aromatic carbocycles. The summed E-state index contributed by atoms with van der Waals surface area (Å²) in [6.45, 7) is 1.89. The van der Waals surface area contributed by atoms with Crippen LogP contribution in [-0.4, -0.2) is 31.2 Å². The number of aromatic nitrogens is 4. The predicted octanol–water partition coefficient (Wildman–Crippen LogP) is 2.37. The van der Waals surface area contributed by atoms with Crippen LogP contribution in [0.15, 0.2) is 35.5 Å². The molecule has 0 spiro atoms. The smallest absolute Gasteiger partial charge is 0.210 e. The lowest BCUT2D eigenvalue weighted by atomic mass is 10.1. The Labute approximate surface area is 115 Å². The van der Waals surface area contributed by atoms with Crippen LogP contribution >= 0.6 is 11.8 Å². The zero-order chi connectivity index (χ0) is 13.2. The van der Waals surface area contributed by atoms with Crippen LogP contribution in [0, 0.1) is 0 Å². The first-order valence-corrected chi connectivity index (χ1v) is 7.17. The molecule has 5 nitrogen and oxygen atoms in total. The number of rotatable bonds is 5. The summed E-state index contributed by atoms with van der Waals surface area (Å²) in [5.74, 6) is 0.107. The van der Waals surface area contributed by atoms with Crippen LogP contribution in [-0.2, 0) is 0 Å². The molecule has 98 valence electrons. The Kier molecular flexibility index (Phi) is 3.33. The van der Waals surface area contributed by atoms with Crippen LogP contribution in [0.25, 0.3) is 0 Å². The van der Waals surface area contributed by atoms with Crippen molar-refractivity contribution in [3.63, 3.8) is 0 Å². The van der Waals surface area contributed by atoms with Crippen molar-refractivity contribution < 1.29 is 4.79 Å². The standard InChI is InChI=1S/C13H14N4OS/c1-9(12(18)10-5-3-2-4-6-10)19-13-14-15-16-17(13)11-7-8-11/h2-6,9,11H,7-8H2,1H3/t9-/m1/s1. The topological polar surface area (TPSA) is 60.7 Å². The van der Waals surface area contributed by atoms with Crippen LogP contribution in [0.3, 0.4) is 0 Å². The molecule has 1 aromatic heterocycles. The molecule has 0 N–H and O–H groups in total. The average molecular weight is 274 g/mol. The molecule has 0 amide bonds. The Morgan fingerprint density at radius 3 is 2.79 bits per heavy atom. The summed E-state index contributed by atoms with van der Waals surface area (Å²) in [6.07, 6.45) is 2.25. The number of tetrazole rings is 1. The van der Waals surface area contributed by atoms with Crippen LogP contribution in [0.2, 0.25) is 0 Å². The van der Waals surface area contributed by atoms with Gasteiger partial charge in [0.25, 0.3) is 0 Å². The number of Topliss-reactive ketones (excluding diaryl/α,β-unsaturated/α-hetero) is 1. The van der Waals surface area contributed by atoms with E-state index in [0.29, 0.717) is 6.04 Å². The maximum Gasteiger partial charge on any atom is 0.210 e. The summed E-state index contributed by atoms with van der Waals surface area (Å²) in [6, 6.07) is 9.75. The first kappa shape index (κ1) is 12.3. The molecule has 0 saturated heterocycles. The summed E-state index contributed by atoms with van der Waals surface area (Å²) < 4.78 is 1.83. The zero-order valence-corrected chi connectivity index (χ0v) is 11.4. The van der Waals surface area contributed by atoms with Gasteiger partial charge in [-0.2, -0.15) is 0 Å². The molecular weight excluding hydrogens is 260 g/mol. The van der Waals surface area contributed by atoms with Crippen molar-refractivity contribution in [1.29, 1.82) is 0 Å². The quantitative estimate of drug-likeness (QED) is 0.619. The SMILES string of the molecule is C[C@@H](Sc1nnnn1C1CC1)C(=O)c1ccccc1. The molecule has 0 unspecified atom stereocenters. The molecule has 0 aliphatic heterocycles. The number of nitrogens with zero attached hydrogens (tertiary/aromatic N) is 4. The van der Waals surface area contributed by atoms with Crippen molar-refractivity contribution in [3.8, 4) is 0 Å². The van der Waals surface area contributed by atoms with Gasteiger partial charge in [0.15, 0.2) is 5.78 Å². The lowest BCUT2D eigenvalue weighted by Crippen LogP contribution is -2.14. The van der Waals surface area contributed by atoms with Crippen LogP contribution in [0.1, 0.15) is 36.2 Å². The van der Waals surface area contributed by atoms with Crippen molar-refractivity contribution in [1.82, 2.24) is 20.2 Å². The number of hydrogen-bond donors (Lipinski definition) is 0. The molecular formula is C13H14N4OS. The highest BCUT2D eigenvalue weighted by molar-refractivity contribution is 8.00. The molecule has 19 heavy (non-hydrogen) atoms. The second kappa shape index (κ2) is 5.13. The fraction of sp³-hybridized carbons (Fsp3) is 0.385. The van der Waals surface area contributed by atoms with Gasteiger partial charge in [0.1, 0.15) is 0 Å². The number of ketones is 1. The third-order valence-electron chi connectivity index (χ3n) is 3.07. The van der Waals surface area contributed by atoms with E-state index in [1.165, 1.54) is 11.8 Å².